The predicted molar refractivity (Wildman–Crippen MR) is 58.1 cm³/mol. The van der Waals surface area contributed by atoms with Crippen molar-refractivity contribution in [2.75, 3.05) is 0 Å². The molecule has 1 aliphatic heterocycles. The molecular formula is C9H6IN. The normalized spacial score (nSPS) is 13.5. The molecule has 0 radical (unpaired) electrons. The number of para-hydroxylation sites is 1. The second kappa shape index (κ2) is 3.11. The molecule has 1 aromatic rings. The van der Waals surface area contributed by atoms with Gasteiger partial charge in [-0.3, -0.25) is 0 Å². The van der Waals surface area contributed by atoms with Crippen molar-refractivity contribution in [3.63, 3.8) is 0 Å². The summed E-state index contributed by atoms with van der Waals surface area (Å²) in [5.41, 5.74) is 2.25. The Bertz CT molecular complexity index is 360. The summed E-state index contributed by atoms with van der Waals surface area (Å²) < 4.78 is 5.23. The lowest BCUT2D eigenvalue weighted by Crippen LogP contribution is -1.71. The number of hydrogen-bond donors (Lipinski definition) is 0. The van der Waals surface area contributed by atoms with Crippen LogP contribution in [0.3, 0.4) is 0 Å². The summed E-state index contributed by atoms with van der Waals surface area (Å²) in [7, 11) is 0. The van der Waals surface area contributed by atoms with E-state index in [1.807, 2.05) is 28.5 Å². The summed E-state index contributed by atoms with van der Waals surface area (Å²) in [6.07, 6.45) is 2.04. The molecule has 0 aromatic heterocycles. The molecule has 0 aliphatic carbocycles. The molecule has 2 heteroatoms. The third-order valence-corrected chi connectivity index (χ3v) is 2.67. The van der Waals surface area contributed by atoms with Crippen molar-refractivity contribution in [1.29, 1.82) is 0 Å². The molecule has 1 nitrogen and oxygen atoms in total. The minimum Gasteiger partial charge on any atom is -0.250 e. The zero-order valence-corrected chi connectivity index (χ0v) is 7.95. The van der Waals surface area contributed by atoms with Crippen molar-refractivity contribution in [2.45, 2.75) is 0 Å². The largest absolute Gasteiger partial charge is 0.250 e. The van der Waals surface area contributed by atoms with Crippen LogP contribution in [-0.2, 0) is 0 Å². The maximum atomic E-state index is 4.32. The summed E-state index contributed by atoms with van der Waals surface area (Å²) in [5.74, 6) is 0. The highest BCUT2D eigenvalue weighted by atomic mass is 127. The van der Waals surface area contributed by atoms with Gasteiger partial charge >= 0.3 is 0 Å². The number of rotatable bonds is 0. The van der Waals surface area contributed by atoms with Crippen LogP contribution in [0.4, 0.5) is 5.69 Å². The third-order valence-electron chi connectivity index (χ3n) is 1.45. The predicted octanol–water partition coefficient (Wildman–Crippen LogP) is 2.75. The van der Waals surface area contributed by atoms with E-state index in [2.05, 4.69) is 14.7 Å². The summed E-state index contributed by atoms with van der Waals surface area (Å²) in [4.78, 5) is 4.32. The van der Waals surface area contributed by atoms with E-state index in [4.69, 9.17) is 0 Å². The van der Waals surface area contributed by atoms with Crippen LogP contribution >= 0.6 is 20.7 Å². The van der Waals surface area contributed by atoms with E-state index >= 15 is 0 Å². The summed E-state index contributed by atoms with van der Waals surface area (Å²) in [5, 5.41) is 0. The quantitative estimate of drug-likeness (QED) is 0.632. The number of hydrogen-bond acceptors (Lipinski definition) is 1. The van der Waals surface area contributed by atoms with Gasteiger partial charge in [-0.1, -0.05) is 21.9 Å². The molecule has 1 aromatic carbocycles. The van der Waals surface area contributed by atoms with Gasteiger partial charge in [-0.05, 0) is 32.9 Å². The van der Waals surface area contributed by atoms with Crippen molar-refractivity contribution >= 4 is 40.4 Å². The minimum absolute atomic E-state index is 0.0583. The van der Waals surface area contributed by atoms with Crippen molar-refractivity contribution in [3.8, 4) is 0 Å². The van der Waals surface area contributed by atoms with Crippen LogP contribution in [-0.4, -0.2) is 7.89 Å². The molecule has 0 atom stereocenters. The van der Waals surface area contributed by atoms with Crippen molar-refractivity contribution in [1.82, 2.24) is 0 Å². The van der Waals surface area contributed by atoms with Crippen LogP contribution in [0.25, 0.3) is 6.08 Å². The molecule has 1 aliphatic rings. The summed E-state index contributed by atoms with van der Waals surface area (Å²) in [6, 6.07) is 8.12. The van der Waals surface area contributed by atoms with Gasteiger partial charge in [0.1, 0.15) is 0 Å². The van der Waals surface area contributed by atoms with E-state index in [0.29, 0.717) is 0 Å². The van der Waals surface area contributed by atoms with Gasteiger partial charge in [0.15, 0.2) is 0 Å². The van der Waals surface area contributed by atoms with E-state index in [-0.39, 0.29) is 20.7 Å². The van der Waals surface area contributed by atoms with Crippen LogP contribution in [0, 0.1) is 0 Å². The van der Waals surface area contributed by atoms with E-state index < -0.39 is 0 Å². The molecule has 0 bridgehead atoms. The Hall–Kier alpha value is -0.730. The molecule has 0 fully saturated rings. The highest BCUT2D eigenvalue weighted by Gasteiger charge is 1.94. The third kappa shape index (κ3) is 1.47. The Morgan fingerprint density at radius 2 is 2.18 bits per heavy atom. The average molecular weight is 255 g/mol. The van der Waals surface area contributed by atoms with Crippen LogP contribution in [0.15, 0.2) is 29.3 Å². The molecule has 11 heavy (non-hydrogen) atoms. The average Bonchev–Trinajstić information content (AvgIpc) is 2.28. The first-order valence-corrected chi connectivity index (χ1v) is 5.62. The molecule has 0 amide bonds. The number of aliphatic imine (C=N–C) groups is 1. The molecule has 2 rings (SSSR count). The first kappa shape index (κ1) is 6.95. The van der Waals surface area contributed by atoms with Gasteiger partial charge in [0.2, 0.25) is 0 Å². The fourth-order valence-corrected chi connectivity index (χ4v) is 2.04. The Labute approximate surface area is 75.2 Å². The van der Waals surface area contributed by atoms with Gasteiger partial charge in [0.25, 0.3) is 0 Å². The van der Waals surface area contributed by atoms with Gasteiger partial charge < -0.3 is 0 Å². The molecule has 0 spiro atoms. The molecule has 0 saturated heterocycles. The maximum Gasteiger partial charge on any atom is 0.0713 e. The standard InChI is InChI=1S/C9H6IN/c1-2-4-9-8(3-1)5-6-10-7-11-9/h1-5,7H. The fraction of sp³-hybridized carbons (Fsp3) is 0. The highest BCUT2D eigenvalue weighted by molar-refractivity contribution is 14.2. The summed E-state index contributed by atoms with van der Waals surface area (Å²) >= 11 is -0.0583. The molecule has 0 saturated carbocycles. The molecule has 0 N–H and O–H groups in total. The summed E-state index contributed by atoms with van der Waals surface area (Å²) in [6.45, 7) is 0. The van der Waals surface area contributed by atoms with Gasteiger partial charge in [-0.2, -0.15) is 0 Å². The van der Waals surface area contributed by atoms with Crippen molar-refractivity contribution in [2.24, 2.45) is 4.99 Å². The maximum absolute atomic E-state index is 4.32. The zero-order valence-electron chi connectivity index (χ0n) is 5.79. The monoisotopic (exact) mass is 255 g/mol. The Balaban J connectivity index is 2.67. The first-order valence-electron chi connectivity index (χ1n) is 3.29. The van der Waals surface area contributed by atoms with Gasteiger partial charge in [-0.25, -0.2) is 4.99 Å². The number of benzene rings is 1. The van der Waals surface area contributed by atoms with Crippen LogP contribution in [0.2, 0.25) is 0 Å². The molecule has 1 heterocycles. The molecule has 54 valence electrons. The van der Waals surface area contributed by atoms with Crippen molar-refractivity contribution in [3.05, 3.63) is 29.8 Å². The topological polar surface area (TPSA) is 12.4 Å². The molecular weight excluding hydrogens is 249 g/mol. The Kier molecular flexibility index (Phi) is 1.97. The van der Waals surface area contributed by atoms with Gasteiger partial charge in [0.05, 0.1) is 9.91 Å². The van der Waals surface area contributed by atoms with Crippen LogP contribution in [0.1, 0.15) is 5.56 Å². The van der Waals surface area contributed by atoms with Crippen LogP contribution in [0.5, 0.6) is 0 Å². The fourth-order valence-electron chi connectivity index (χ4n) is 0.923. The van der Waals surface area contributed by atoms with E-state index in [0.717, 1.165) is 5.69 Å². The number of fused-ring (bicyclic) bond motifs is 1. The SMILES string of the molecule is C1=Cc2ccccc2N=CI=1. The second-order valence-corrected chi connectivity index (χ2v) is 3.95. The second-order valence-electron chi connectivity index (χ2n) is 2.15. The lowest BCUT2D eigenvalue weighted by molar-refractivity contribution is 1.53. The molecule has 0 unspecified atom stereocenters. The first-order chi connectivity index (χ1) is 5.47. The van der Waals surface area contributed by atoms with Crippen LogP contribution < -0.4 is 0 Å². The smallest absolute Gasteiger partial charge is 0.0713 e. The minimum atomic E-state index is -0.0583. The lowest BCUT2D eigenvalue weighted by Gasteiger charge is -1.94. The Morgan fingerprint density at radius 1 is 1.27 bits per heavy atom. The van der Waals surface area contributed by atoms with Gasteiger partial charge in [0, 0.05) is 5.56 Å². The van der Waals surface area contributed by atoms with Crippen molar-refractivity contribution < 1.29 is 0 Å². The lowest BCUT2D eigenvalue weighted by atomic mass is 10.2. The Morgan fingerprint density at radius 3 is 3.18 bits per heavy atom. The number of nitrogens with zero attached hydrogens (tertiary/aromatic N) is 1. The zero-order chi connectivity index (χ0) is 7.52. The van der Waals surface area contributed by atoms with Gasteiger partial charge in [-0.15, -0.1) is 0 Å². The highest BCUT2D eigenvalue weighted by Crippen LogP contribution is 2.20. The number of halogens is 1. The van der Waals surface area contributed by atoms with E-state index in [1.165, 1.54) is 5.56 Å². The van der Waals surface area contributed by atoms with E-state index in [9.17, 15) is 0 Å². The van der Waals surface area contributed by atoms with E-state index in [1.54, 1.807) is 0 Å².